The van der Waals surface area contributed by atoms with E-state index in [-0.39, 0.29) is 0 Å². The average molecular weight is 211 g/mol. The van der Waals surface area contributed by atoms with Crippen LogP contribution in [0.15, 0.2) is 11.2 Å². The van der Waals surface area contributed by atoms with E-state index in [1.807, 2.05) is 13.1 Å². The lowest BCUT2D eigenvalue weighted by Crippen LogP contribution is -2.05. The van der Waals surface area contributed by atoms with Gasteiger partial charge >= 0.3 is 0 Å². The number of rotatable bonds is 5. The van der Waals surface area contributed by atoms with Crippen LogP contribution in [0.4, 0.5) is 5.95 Å². The summed E-state index contributed by atoms with van der Waals surface area (Å²) >= 11 is 1.76. The fourth-order valence-electron chi connectivity index (χ4n) is 1.03. The molecule has 4 heteroatoms. The molecule has 0 radical (unpaired) electrons. The molecule has 1 heterocycles. The van der Waals surface area contributed by atoms with Gasteiger partial charge in [0.2, 0.25) is 5.95 Å². The number of aromatic nitrogens is 2. The Kier molecular flexibility index (Phi) is 4.73. The maximum absolute atomic E-state index is 4.44. The maximum Gasteiger partial charge on any atom is 0.223 e. The van der Waals surface area contributed by atoms with Gasteiger partial charge < -0.3 is 5.32 Å². The summed E-state index contributed by atoms with van der Waals surface area (Å²) in [5, 5.41) is 4.27. The molecule has 0 amide bonds. The van der Waals surface area contributed by atoms with Crippen molar-refractivity contribution in [2.24, 2.45) is 0 Å². The highest BCUT2D eigenvalue weighted by atomic mass is 32.2. The van der Waals surface area contributed by atoms with Crippen LogP contribution in [0.25, 0.3) is 0 Å². The first-order valence-corrected chi connectivity index (χ1v) is 5.96. The summed E-state index contributed by atoms with van der Waals surface area (Å²) in [6.07, 6.45) is 2.97. The van der Waals surface area contributed by atoms with Crippen LogP contribution in [0, 0.1) is 6.92 Å². The summed E-state index contributed by atoms with van der Waals surface area (Å²) in [4.78, 5) is 8.66. The van der Waals surface area contributed by atoms with Crippen molar-refractivity contribution >= 4 is 17.7 Å². The normalized spacial score (nSPS) is 10.2. The Bertz CT molecular complexity index is 289. The van der Waals surface area contributed by atoms with Crippen molar-refractivity contribution in [3.63, 3.8) is 0 Å². The number of hydrogen-bond donors (Lipinski definition) is 1. The lowest BCUT2D eigenvalue weighted by Gasteiger charge is -2.06. The Morgan fingerprint density at radius 1 is 1.43 bits per heavy atom. The number of nitrogens with zero attached hydrogens (tertiary/aromatic N) is 2. The molecule has 0 saturated heterocycles. The van der Waals surface area contributed by atoms with E-state index in [1.54, 1.807) is 11.8 Å². The second-order valence-electron chi connectivity index (χ2n) is 3.04. The van der Waals surface area contributed by atoms with Gasteiger partial charge in [0.1, 0.15) is 5.03 Å². The smallest absolute Gasteiger partial charge is 0.223 e. The van der Waals surface area contributed by atoms with E-state index in [9.17, 15) is 0 Å². The fraction of sp³-hybridized carbons (Fsp3) is 0.600. The summed E-state index contributed by atoms with van der Waals surface area (Å²) in [7, 11) is 0. The van der Waals surface area contributed by atoms with Crippen molar-refractivity contribution in [1.29, 1.82) is 0 Å². The first-order chi connectivity index (χ1) is 6.77. The molecule has 0 saturated carbocycles. The third kappa shape index (κ3) is 3.18. The Balaban J connectivity index is 2.72. The van der Waals surface area contributed by atoms with Crippen LogP contribution in [0.5, 0.6) is 0 Å². The van der Waals surface area contributed by atoms with Gasteiger partial charge in [-0.15, -0.1) is 11.8 Å². The monoisotopic (exact) mass is 211 g/mol. The molecule has 1 N–H and O–H groups in total. The molecule has 3 nitrogen and oxygen atoms in total. The molecule has 1 aromatic rings. The molecule has 1 rings (SSSR count). The number of anilines is 1. The summed E-state index contributed by atoms with van der Waals surface area (Å²) in [6.45, 7) is 7.23. The highest BCUT2D eigenvalue weighted by molar-refractivity contribution is 7.99. The summed E-state index contributed by atoms with van der Waals surface area (Å²) in [5.41, 5.74) is 1.15. The molecule has 1 aromatic heterocycles. The number of aryl methyl sites for hydroxylation is 1. The first-order valence-electron chi connectivity index (χ1n) is 4.98. The molecule has 78 valence electrons. The Hall–Kier alpha value is -0.770. The zero-order chi connectivity index (χ0) is 10.4. The van der Waals surface area contributed by atoms with Crippen molar-refractivity contribution in [3.8, 4) is 0 Å². The first kappa shape index (κ1) is 11.3. The van der Waals surface area contributed by atoms with Crippen LogP contribution in [-0.4, -0.2) is 22.3 Å². The fourth-order valence-corrected chi connectivity index (χ4v) is 1.74. The molecule has 0 atom stereocenters. The topological polar surface area (TPSA) is 37.8 Å². The predicted molar refractivity (Wildman–Crippen MR) is 61.9 cm³/mol. The molecule has 0 aliphatic heterocycles. The molecular weight excluding hydrogens is 194 g/mol. The highest BCUT2D eigenvalue weighted by Crippen LogP contribution is 2.19. The van der Waals surface area contributed by atoms with Crippen LogP contribution in [0.1, 0.15) is 25.8 Å². The molecule has 0 unspecified atom stereocenters. The minimum atomic E-state index is 0.744. The van der Waals surface area contributed by atoms with Crippen LogP contribution >= 0.6 is 11.8 Å². The van der Waals surface area contributed by atoms with E-state index in [4.69, 9.17) is 0 Å². The van der Waals surface area contributed by atoms with Crippen molar-refractivity contribution in [3.05, 3.63) is 11.8 Å². The van der Waals surface area contributed by atoms with E-state index in [2.05, 4.69) is 29.1 Å². The molecule has 14 heavy (non-hydrogen) atoms. The van der Waals surface area contributed by atoms with Crippen molar-refractivity contribution < 1.29 is 0 Å². The van der Waals surface area contributed by atoms with E-state index in [0.717, 1.165) is 35.3 Å². The highest BCUT2D eigenvalue weighted by Gasteiger charge is 2.02. The minimum absolute atomic E-state index is 0.744. The summed E-state index contributed by atoms with van der Waals surface area (Å²) < 4.78 is 0. The molecule has 0 aromatic carbocycles. The van der Waals surface area contributed by atoms with Crippen LogP contribution in [-0.2, 0) is 0 Å². The summed E-state index contributed by atoms with van der Waals surface area (Å²) in [5.74, 6) is 1.79. The predicted octanol–water partition coefficient (Wildman–Crippen LogP) is 2.72. The zero-order valence-corrected chi connectivity index (χ0v) is 9.82. The van der Waals surface area contributed by atoms with Crippen molar-refractivity contribution in [2.75, 3.05) is 17.6 Å². The molecule has 0 bridgehead atoms. The number of nitrogens with one attached hydrogen (secondary N) is 1. The van der Waals surface area contributed by atoms with Gasteiger partial charge in [-0.05, 0) is 24.7 Å². The largest absolute Gasteiger partial charge is 0.354 e. The van der Waals surface area contributed by atoms with Gasteiger partial charge in [-0.1, -0.05) is 13.8 Å². The van der Waals surface area contributed by atoms with Gasteiger partial charge in [-0.3, -0.25) is 0 Å². The lowest BCUT2D eigenvalue weighted by molar-refractivity contribution is 0.925. The standard InChI is InChI=1S/C10H17N3S/c1-4-6-11-10-12-7-8(3)9(13-10)14-5-2/h7H,4-6H2,1-3H3,(H,11,12,13). The van der Waals surface area contributed by atoms with Crippen LogP contribution in [0.3, 0.4) is 0 Å². The van der Waals surface area contributed by atoms with Gasteiger partial charge in [0, 0.05) is 12.7 Å². The van der Waals surface area contributed by atoms with Crippen molar-refractivity contribution in [1.82, 2.24) is 9.97 Å². The maximum atomic E-state index is 4.44. The molecule has 0 spiro atoms. The second-order valence-corrected chi connectivity index (χ2v) is 4.29. The van der Waals surface area contributed by atoms with Crippen LogP contribution in [0.2, 0.25) is 0 Å². The number of hydrogen-bond acceptors (Lipinski definition) is 4. The van der Waals surface area contributed by atoms with Gasteiger partial charge in [-0.25, -0.2) is 9.97 Å². The van der Waals surface area contributed by atoms with E-state index >= 15 is 0 Å². The lowest BCUT2D eigenvalue weighted by atomic mass is 10.4. The van der Waals surface area contributed by atoms with Gasteiger partial charge in [0.05, 0.1) is 0 Å². The molecular formula is C10H17N3S. The van der Waals surface area contributed by atoms with Crippen molar-refractivity contribution in [2.45, 2.75) is 32.2 Å². The third-order valence-corrected chi connectivity index (χ3v) is 2.71. The molecule has 0 aliphatic carbocycles. The number of thioether (sulfide) groups is 1. The SMILES string of the molecule is CCCNc1ncc(C)c(SCC)n1. The van der Waals surface area contributed by atoms with Gasteiger partial charge in [0.15, 0.2) is 0 Å². The Morgan fingerprint density at radius 3 is 2.86 bits per heavy atom. The minimum Gasteiger partial charge on any atom is -0.354 e. The quantitative estimate of drug-likeness (QED) is 0.600. The zero-order valence-electron chi connectivity index (χ0n) is 9.00. The Morgan fingerprint density at radius 2 is 2.21 bits per heavy atom. The summed E-state index contributed by atoms with van der Waals surface area (Å²) in [6, 6.07) is 0. The van der Waals surface area contributed by atoms with E-state index < -0.39 is 0 Å². The molecule has 0 fully saturated rings. The Labute approximate surface area is 89.7 Å². The average Bonchev–Trinajstić information content (AvgIpc) is 2.19. The second kappa shape index (κ2) is 5.86. The third-order valence-electron chi connectivity index (χ3n) is 1.74. The molecule has 0 aliphatic rings. The van der Waals surface area contributed by atoms with Crippen LogP contribution < -0.4 is 5.32 Å². The van der Waals surface area contributed by atoms with Gasteiger partial charge in [0.25, 0.3) is 0 Å². The van der Waals surface area contributed by atoms with E-state index in [1.165, 1.54) is 0 Å². The van der Waals surface area contributed by atoms with E-state index in [0.29, 0.717) is 0 Å². The van der Waals surface area contributed by atoms with Gasteiger partial charge in [-0.2, -0.15) is 0 Å².